The van der Waals surface area contributed by atoms with Gasteiger partial charge in [0, 0.05) is 0 Å². The molecule has 8 heavy (non-hydrogen) atoms. The zero-order chi connectivity index (χ0) is 5.82. The molecule has 0 aromatic rings. The molecule has 1 heterocycles. The molecule has 3 heteroatoms. The maximum atomic E-state index is 9.57. The van der Waals surface area contributed by atoms with Crippen LogP contribution in [0, 0.1) is 0 Å². The number of carbonyl (C=O) groups excluding carboxylic acids is 1. The Labute approximate surface area is 48.0 Å². The molecular weight excluding hydrogens is 106 g/mol. The maximum absolute atomic E-state index is 9.57. The minimum absolute atomic E-state index is 0.0625. The summed E-state index contributed by atoms with van der Waals surface area (Å²) in [7, 11) is 0. The van der Waals surface area contributed by atoms with Crippen molar-refractivity contribution in [3.63, 3.8) is 0 Å². The molecule has 1 rings (SSSR count). The van der Waals surface area contributed by atoms with Gasteiger partial charge in [-0.25, -0.2) is 4.79 Å². The van der Waals surface area contributed by atoms with Crippen molar-refractivity contribution >= 4 is 6.47 Å². The van der Waals surface area contributed by atoms with E-state index in [1.807, 2.05) is 0 Å². The molecule has 0 amide bonds. The number of hydrogen-bond acceptors (Lipinski definition) is 3. The SMILES string of the molecule is O=[C]OC1CCCN1. The van der Waals surface area contributed by atoms with Crippen molar-refractivity contribution in [2.75, 3.05) is 6.54 Å². The summed E-state index contributed by atoms with van der Waals surface area (Å²) in [5.74, 6) is 0. The molecular formula is C5H8NO2. The van der Waals surface area contributed by atoms with Crippen molar-refractivity contribution < 1.29 is 9.53 Å². The van der Waals surface area contributed by atoms with Crippen LogP contribution >= 0.6 is 0 Å². The molecule has 0 aliphatic carbocycles. The van der Waals surface area contributed by atoms with Crippen LogP contribution in [0.2, 0.25) is 0 Å². The van der Waals surface area contributed by atoms with Crippen LogP contribution in [0.5, 0.6) is 0 Å². The second-order valence-corrected chi connectivity index (χ2v) is 1.79. The van der Waals surface area contributed by atoms with Crippen molar-refractivity contribution in [1.82, 2.24) is 5.32 Å². The van der Waals surface area contributed by atoms with E-state index in [0.717, 1.165) is 19.4 Å². The summed E-state index contributed by atoms with van der Waals surface area (Å²) in [6, 6.07) is 0. The third-order valence-electron chi connectivity index (χ3n) is 1.21. The Morgan fingerprint density at radius 2 is 2.62 bits per heavy atom. The fourth-order valence-electron chi connectivity index (χ4n) is 0.811. The van der Waals surface area contributed by atoms with Crippen LogP contribution in [0.25, 0.3) is 0 Å². The van der Waals surface area contributed by atoms with E-state index in [-0.39, 0.29) is 6.23 Å². The van der Waals surface area contributed by atoms with E-state index < -0.39 is 0 Å². The van der Waals surface area contributed by atoms with Crippen LogP contribution in [-0.4, -0.2) is 19.2 Å². The average molecular weight is 114 g/mol. The highest BCUT2D eigenvalue weighted by Crippen LogP contribution is 2.03. The first-order valence-corrected chi connectivity index (χ1v) is 2.69. The summed E-state index contributed by atoms with van der Waals surface area (Å²) in [4.78, 5) is 9.57. The highest BCUT2D eigenvalue weighted by Gasteiger charge is 2.13. The first-order chi connectivity index (χ1) is 3.93. The Hall–Kier alpha value is -0.570. The van der Waals surface area contributed by atoms with Gasteiger partial charge in [0.1, 0.15) is 0 Å². The van der Waals surface area contributed by atoms with Crippen molar-refractivity contribution in [2.24, 2.45) is 0 Å². The topological polar surface area (TPSA) is 38.3 Å². The molecule has 0 saturated carbocycles. The highest BCUT2D eigenvalue weighted by molar-refractivity contribution is 5.38. The van der Waals surface area contributed by atoms with Crippen LogP contribution in [0.3, 0.4) is 0 Å². The van der Waals surface area contributed by atoms with E-state index in [0.29, 0.717) is 0 Å². The largest absolute Gasteiger partial charge is 0.438 e. The van der Waals surface area contributed by atoms with Crippen LogP contribution in [0.1, 0.15) is 12.8 Å². The smallest absolute Gasteiger partial charge is 0.419 e. The first kappa shape index (κ1) is 5.56. The lowest BCUT2D eigenvalue weighted by Crippen LogP contribution is -2.23. The van der Waals surface area contributed by atoms with Crippen LogP contribution in [-0.2, 0) is 9.53 Å². The Kier molecular flexibility index (Phi) is 1.86. The standard InChI is InChI=1S/C5H8NO2/c7-4-8-5-2-1-3-6-5/h5-6H,1-3H2. The molecule has 1 aliphatic heterocycles. The predicted molar refractivity (Wildman–Crippen MR) is 27.8 cm³/mol. The van der Waals surface area contributed by atoms with E-state index in [1.165, 1.54) is 6.47 Å². The second-order valence-electron chi connectivity index (χ2n) is 1.79. The Bertz CT molecular complexity index is 78.5. The molecule has 1 saturated heterocycles. The Balaban J connectivity index is 2.14. The fourth-order valence-corrected chi connectivity index (χ4v) is 0.811. The van der Waals surface area contributed by atoms with Gasteiger partial charge in [0.2, 0.25) is 0 Å². The Morgan fingerprint density at radius 1 is 1.75 bits per heavy atom. The molecule has 1 atom stereocenters. The molecule has 0 aromatic carbocycles. The van der Waals surface area contributed by atoms with Gasteiger partial charge in [-0.15, -0.1) is 0 Å². The van der Waals surface area contributed by atoms with Crippen molar-refractivity contribution in [2.45, 2.75) is 19.1 Å². The minimum atomic E-state index is -0.0625. The molecule has 1 aliphatic rings. The third kappa shape index (κ3) is 1.20. The first-order valence-electron chi connectivity index (χ1n) is 2.69. The molecule has 0 bridgehead atoms. The summed E-state index contributed by atoms with van der Waals surface area (Å²) in [5.41, 5.74) is 0. The third-order valence-corrected chi connectivity index (χ3v) is 1.21. The van der Waals surface area contributed by atoms with Gasteiger partial charge >= 0.3 is 6.47 Å². The van der Waals surface area contributed by atoms with Gasteiger partial charge in [-0.3, -0.25) is 5.32 Å². The number of nitrogens with one attached hydrogen (secondary N) is 1. The lowest BCUT2D eigenvalue weighted by molar-refractivity contribution is 0.163. The van der Waals surface area contributed by atoms with Gasteiger partial charge in [0.05, 0.1) is 0 Å². The Morgan fingerprint density at radius 3 is 3.12 bits per heavy atom. The molecule has 3 nitrogen and oxygen atoms in total. The molecule has 1 unspecified atom stereocenters. The van der Waals surface area contributed by atoms with E-state index in [4.69, 9.17) is 0 Å². The quantitative estimate of drug-likeness (QED) is 0.539. The molecule has 45 valence electrons. The van der Waals surface area contributed by atoms with Crippen molar-refractivity contribution in [3.8, 4) is 0 Å². The van der Waals surface area contributed by atoms with Gasteiger partial charge < -0.3 is 4.74 Å². The minimum Gasteiger partial charge on any atom is -0.438 e. The van der Waals surface area contributed by atoms with Crippen molar-refractivity contribution in [3.05, 3.63) is 0 Å². The molecule has 1 N–H and O–H groups in total. The van der Waals surface area contributed by atoms with Gasteiger partial charge in [-0.1, -0.05) is 0 Å². The maximum Gasteiger partial charge on any atom is 0.419 e. The number of ether oxygens (including phenoxy) is 1. The summed E-state index contributed by atoms with van der Waals surface area (Å²) < 4.78 is 4.49. The lowest BCUT2D eigenvalue weighted by atomic mass is 10.4. The van der Waals surface area contributed by atoms with E-state index in [9.17, 15) is 4.79 Å². The summed E-state index contributed by atoms with van der Waals surface area (Å²) in [6.45, 7) is 2.35. The summed E-state index contributed by atoms with van der Waals surface area (Å²) in [6.07, 6.45) is 1.95. The summed E-state index contributed by atoms with van der Waals surface area (Å²) >= 11 is 0. The molecule has 0 spiro atoms. The average Bonchev–Trinajstić information content (AvgIpc) is 2.19. The van der Waals surface area contributed by atoms with Gasteiger partial charge in [-0.05, 0) is 19.4 Å². The second kappa shape index (κ2) is 2.67. The van der Waals surface area contributed by atoms with Crippen LogP contribution in [0.4, 0.5) is 0 Å². The zero-order valence-electron chi connectivity index (χ0n) is 4.52. The van der Waals surface area contributed by atoms with E-state index in [2.05, 4.69) is 10.1 Å². The van der Waals surface area contributed by atoms with Gasteiger partial charge in [0.15, 0.2) is 6.23 Å². The van der Waals surface area contributed by atoms with Crippen LogP contribution < -0.4 is 5.32 Å². The normalized spacial score (nSPS) is 27.8. The monoisotopic (exact) mass is 114 g/mol. The lowest BCUT2D eigenvalue weighted by Gasteiger charge is -2.03. The predicted octanol–water partition coefficient (Wildman–Crippen LogP) is -0.220. The zero-order valence-corrected chi connectivity index (χ0v) is 4.52. The highest BCUT2D eigenvalue weighted by atomic mass is 16.5. The number of hydrogen-bond donors (Lipinski definition) is 1. The van der Waals surface area contributed by atoms with E-state index >= 15 is 0 Å². The number of rotatable bonds is 2. The van der Waals surface area contributed by atoms with Gasteiger partial charge in [-0.2, -0.15) is 0 Å². The molecule has 1 fully saturated rings. The molecule has 1 radical (unpaired) electrons. The summed E-state index contributed by atoms with van der Waals surface area (Å²) in [5, 5.41) is 2.97. The van der Waals surface area contributed by atoms with Crippen molar-refractivity contribution in [1.29, 1.82) is 0 Å². The molecule has 0 aromatic heterocycles. The van der Waals surface area contributed by atoms with Crippen LogP contribution in [0.15, 0.2) is 0 Å². The van der Waals surface area contributed by atoms with E-state index in [1.54, 1.807) is 0 Å². The van der Waals surface area contributed by atoms with Gasteiger partial charge in [0.25, 0.3) is 0 Å². The fraction of sp³-hybridized carbons (Fsp3) is 0.800.